The van der Waals surface area contributed by atoms with Gasteiger partial charge >= 0.3 is 0 Å². The molecule has 0 fully saturated rings. The zero-order valence-corrected chi connectivity index (χ0v) is 13.7. The van der Waals surface area contributed by atoms with Crippen LogP contribution in [0.5, 0.6) is 0 Å². The van der Waals surface area contributed by atoms with E-state index in [4.69, 9.17) is 9.47 Å². The molecule has 1 aromatic rings. The van der Waals surface area contributed by atoms with Gasteiger partial charge in [-0.1, -0.05) is 25.1 Å². The number of aromatic nitrogens is 4. The fourth-order valence-corrected chi connectivity index (χ4v) is 2.35. The van der Waals surface area contributed by atoms with Crippen LogP contribution in [0.3, 0.4) is 0 Å². The summed E-state index contributed by atoms with van der Waals surface area (Å²) in [4.78, 5) is 11.9. The Morgan fingerprint density at radius 1 is 1.43 bits per heavy atom. The number of nitrogens with one attached hydrogen (secondary N) is 1. The van der Waals surface area contributed by atoms with Crippen molar-refractivity contribution in [3.63, 3.8) is 0 Å². The van der Waals surface area contributed by atoms with Crippen molar-refractivity contribution in [2.24, 2.45) is 0 Å². The van der Waals surface area contributed by atoms with Gasteiger partial charge in [0.2, 0.25) is 11.1 Å². The largest absolute Gasteiger partial charge is 0.355 e. The summed E-state index contributed by atoms with van der Waals surface area (Å²) in [5, 5.41) is 14.6. The molecule has 21 heavy (non-hydrogen) atoms. The second kappa shape index (κ2) is 9.69. The lowest BCUT2D eigenvalue weighted by atomic mass is 10.3. The fourth-order valence-electron chi connectivity index (χ4n) is 1.53. The monoisotopic (exact) mass is 317 g/mol. The third kappa shape index (κ3) is 5.98. The first kappa shape index (κ1) is 17.9. The van der Waals surface area contributed by atoms with E-state index in [2.05, 4.69) is 27.8 Å². The van der Waals surface area contributed by atoms with E-state index < -0.39 is 6.29 Å². The van der Waals surface area contributed by atoms with Crippen molar-refractivity contribution in [2.45, 2.75) is 49.9 Å². The Bertz CT molecular complexity index is 425. The van der Waals surface area contributed by atoms with Crippen LogP contribution in [-0.4, -0.2) is 58.4 Å². The molecule has 0 saturated carbocycles. The number of hydrogen-bond acceptors (Lipinski definition) is 7. The van der Waals surface area contributed by atoms with Crippen molar-refractivity contribution in [3.05, 3.63) is 0 Å². The lowest BCUT2D eigenvalue weighted by Gasteiger charge is -2.15. The van der Waals surface area contributed by atoms with Gasteiger partial charge in [-0.2, -0.15) is 0 Å². The average Bonchev–Trinajstić information content (AvgIpc) is 2.91. The van der Waals surface area contributed by atoms with E-state index in [1.54, 1.807) is 18.9 Å². The lowest BCUT2D eigenvalue weighted by molar-refractivity contribution is -0.120. The Labute approximate surface area is 128 Å². The third-order valence-corrected chi connectivity index (χ3v) is 3.90. The minimum atomic E-state index is -0.429. The molecule has 0 spiro atoms. The number of hydrogen-bond donors (Lipinski definition) is 1. The first-order valence-electron chi connectivity index (χ1n) is 6.88. The maximum atomic E-state index is 11.9. The summed E-state index contributed by atoms with van der Waals surface area (Å²) in [5.74, 6) is -0.0157. The van der Waals surface area contributed by atoms with Crippen LogP contribution in [0.15, 0.2) is 5.16 Å². The van der Waals surface area contributed by atoms with Gasteiger partial charge in [-0.25, -0.2) is 4.68 Å². The van der Waals surface area contributed by atoms with Crippen LogP contribution < -0.4 is 5.32 Å². The van der Waals surface area contributed by atoms with Gasteiger partial charge in [0, 0.05) is 20.8 Å². The summed E-state index contributed by atoms with van der Waals surface area (Å²) in [5.41, 5.74) is 0. The number of ether oxygens (including phenoxy) is 2. The number of methoxy groups -OCH3 is 2. The van der Waals surface area contributed by atoms with Crippen molar-refractivity contribution >= 4 is 17.7 Å². The molecule has 0 aliphatic carbocycles. The molecule has 0 bridgehead atoms. The smallest absolute Gasteiger partial charge is 0.233 e. The van der Waals surface area contributed by atoms with Crippen LogP contribution in [0, 0.1) is 0 Å². The minimum absolute atomic E-state index is 0.0157. The summed E-state index contributed by atoms with van der Waals surface area (Å²) in [6.07, 6.45) is 1.60. The number of nitrogens with zero attached hydrogens (tertiary/aromatic N) is 4. The second-order valence-electron chi connectivity index (χ2n) is 4.45. The molecule has 1 N–H and O–H groups in total. The van der Waals surface area contributed by atoms with Gasteiger partial charge in [0.15, 0.2) is 6.29 Å². The van der Waals surface area contributed by atoms with Gasteiger partial charge in [-0.3, -0.25) is 4.79 Å². The SMILES string of the molecule is CCCCNC(=O)C(C)Sc1nnnn1CC(OC)OC. The molecule has 9 heteroatoms. The summed E-state index contributed by atoms with van der Waals surface area (Å²) in [7, 11) is 3.10. The van der Waals surface area contributed by atoms with E-state index in [9.17, 15) is 4.79 Å². The molecule has 0 radical (unpaired) electrons. The van der Waals surface area contributed by atoms with Crippen molar-refractivity contribution in [1.29, 1.82) is 0 Å². The molecule has 8 nitrogen and oxygen atoms in total. The lowest BCUT2D eigenvalue weighted by Crippen LogP contribution is -2.32. The van der Waals surface area contributed by atoms with Gasteiger partial charge in [0.25, 0.3) is 0 Å². The molecule has 0 aliphatic rings. The Morgan fingerprint density at radius 2 is 2.14 bits per heavy atom. The van der Waals surface area contributed by atoms with Gasteiger partial charge in [0.05, 0.1) is 11.8 Å². The number of tetrazole rings is 1. The normalized spacial score (nSPS) is 12.6. The maximum absolute atomic E-state index is 11.9. The molecule has 0 saturated heterocycles. The zero-order chi connectivity index (χ0) is 15.7. The summed E-state index contributed by atoms with van der Waals surface area (Å²) < 4.78 is 11.8. The Morgan fingerprint density at radius 3 is 2.76 bits per heavy atom. The molecule has 0 aromatic carbocycles. The van der Waals surface area contributed by atoms with Crippen LogP contribution in [-0.2, 0) is 20.8 Å². The predicted molar refractivity (Wildman–Crippen MR) is 78.9 cm³/mol. The van der Waals surface area contributed by atoms with Crippen LogP contribution in [0.2, 0.25) is 0 Å². The molecule has 0 aliphatic heterocycles. The third-order valence-electron chi connectivity index (χ3n) is 2.83. The second-order valence-corrected chi connectivity index (χ2v) is 5.76. The first-order valence-corrected chi connectivity index (χ1v) is 7.76. The van der Waals surface area contributed by atoms with Gasteiger partial charge < -0.3 is 14.8 Å². The fraction of sp³-hybridized carbons (Fsp3) is 0.833. The highest BCUT2D eigenvalue weighted by molar-refractivity contribution is 8.00. The Kier molecular flexibility index (Phi) is 8.24. The zero-order valence-electron chi connectivity index (χ0n) is 12.9. The van der Waals surface area contributed by atoms with Crippen molar-refractivity contribution in [1.82, 2.24) is 25.5 Å². The quantitative estimate of drug-likeness (QED) is 0.385. The molecular formula is C12H23N5O3S. The Hall–Kier alpha value is -1.19. The average molecular weight is 317 g/mol. The van der Waals surface area contributed by atoms with Gasteiger partial charge in [-0.15, -0.1) is 5.10 Å². The van der Waals surface area contributed by atoms with E-state index >= 15 is 0 Å². The van der Waals surface area contributed by atoms with Crippen LogP contribution >= 0.6 is 11.8 Å². The highest BCUT2D eigenvalue weighted by Gasteiger charge is 2.19. The van der Waals surface area contributed by atoms with E-state index in [0.29, 0.717) is 18.2 Å². The number of rotatable bonds is 10. The van der Waals surface area contributed by atoms with Gasteiger partial charge in [0.1, 0.15) is 0 Å². The topological polar surface area (TPSA) is 91.2 Å². The molecule has 1 aromatic heterocycles. The summed E-state index contributed by atoms with van der Waals surface area (Å²) >= 11 is 1.31. The highest BCUT2D eigenvalue weighted by atomic mass is 32.2. The number of amides is 1. The van der Waals surface area contributed by atoms with E-state index in [-0.39, 0.29) is 11.2 Å². The number of carbonyl (C=O) groups is 1. The molecule has 1 rings (SSSR count). The highest BCUT2D eigenvalue weighted by Crippen LogP contribution is 2.20. The Balaban J connectivity index is 2.54. The number of thioether (sulfide) groups is 1. The number of carbonyl (C=O) groups excluding carboxylic acids is 1. The molecule has 1 heterocycles. The first-order chi connectivity index (χ1) is 10.1. The standard InChI is InChI=1S/C12H23N5O3S/c1-5-6-7-13-11(18)9(2)21-12-14-15-16-17(12)8-10(19-3)20-4/h9-10H,5-8H2,1-4H3,(H,13,18). The van der Waals surface area contributed by atoms with Crippen molar-refractivity contribution < 1.29 is 14.3 Å². The van der Waals surface area contributed by atoms with Crippen LogP contribution in [0.1, 0.15) is 26.7 Å². The van der Waals surface area contributed by atoms with Crippen molar-refractivity contribution in [2.75, 3.05) is 20.8 Å². The maximum Gasteiger partial charge on any atom is 0.233 e. The van der Waals surface area contributed by atoms with E-state index in [0.717, 1.165) is 12.8 Å². The summed E-state index contributed by atoms with van der Waals surface area (Å²) in [6.45, 7) is 4.97. The molecule has 1 amide bonds. The van der Waals surface area contributed by atoms with E-state index in [1.165, 1.54) is 11.8 Å². The molecule has 1 atom stereocenters. The molecule has 120 valence electrons. The molecular weight excluding hydrogens is 294 g/mol. The van der Waals surface area contributed by atoms with Gasteiger partial charge in [-0.05, 0) is 23.8 Å². The predicted octanol–water partition coefficient (Wildman–Crippen LogP) is 0.689. The van der Waals surface area contributed by atoms with Crippen molar-refractivity contribution in [3.8, 4) is 0 Å². The van der Waals surface area contributed by atoms with Crippen LogP contribution in [0.25, 0.3) is 0 Å². The van der Waals surface area contributed by atoms with E-state index in [1.807, 2.05) is 6.92 Å². The van der Waals surface area contributed by atoms with Crippen LogP contribution in [0.4, 0.5) is 0 Å². The molecule has 1 unspecified atom stereocenters. The minimum Gasteiger partial charge on any atom is -0.355 e. The number of unbranched alkanes of at least 4 members (excludes halogenated alkanes) is 1. The summed E-state index contributed by atoms with van der Waals surface area (Å²) in [6, 6.07) is 0.